The first-order chi connectivity index (χ1) is 20.8. The average Bonchev–Trinajstić information content (AvgIpc) is 3.49. The molecule has 2 aliphatic rings. The molecule has 0 bridgehead atoms. The standard InChI is InChI=1S/C34H37ClN4O3S/c1-24-8-5-14-32(34(24)35)43(41,42)39-19-18-38-17-7-13-30(38)31(39)21-33(40)37-29-12-6-11-27-20-26(15-16-28(27)29)23-36-22-25-9-3-2-4-10-25/h2-5,7-10,13-17,20,29,31,36H,6,11-12,18-19,21-23H2,1H3,(H,37,40). The number of benzene rings is 3. The van der Waals surface area contributed by atoms with E-state index in [1.54, 1.807) is 25.1 Å². The molecule has 4 aromatic rings. The van der Waals surface area contributed by atoms with Crippen LogP contribution in [-0.2, 0) is 40.9 Å². The molecule has 1 aromatic heterocycles. The van der Waals surface area contributed by atoms with E-state index in [1.807, 2.05) is 41.1 Å². The molecule has 6 rings (SSSR count). The molecular weight excluding hydrogens is 580 g/mol. The first-order valence-electron chi connectivity index (χ1n) is 14.9. The van der Waals surface area contributed by atoms with Gasteiger partial charge in [0.15, 0.2) is 0 Å². The fourth-order valence-corrected chi connectivity index (χ4v) is 8.54. The second-order valence-corrected chi connectivity index (χ2v) is 13.7. The largest absolute Gasteiger partial charge is 0.349 e. The van der Waals surface area contributed by atoms with Crippen molar-refractivity contribution in [1.82, 2.24) is 19.5 Å². The summed E-state index contributed by atoms with van der Waals surface area (Å²) in [5.41, 5.74) is 6.39. The van der Waals surface area contributed by atoms with Crippen LogP contribution in [0.2, 0.25) is 5.02 Å². The Morgan fingerprint density at radius 2 is 1.77 bits per heavy atom. The van der Waals surface area contributed by atoms with Crippen molar-refractivity contribution < 1.29 is 13.2 Å². The predicted octanol–water partition coefficient (Wildman–Crippen LogP) is 6.07. The van der Waals surface area contributed by atoms with Gasteiger partial charge in [-0.3, -0.25) is 4.79 Å². The number of amides is 1. The fourth-order valence-electron chi connectivity index (χ4n) is 6.39. The number of carbonyl (C=O) groups is 1. The minimum absolute atomic E-state index is 0.0278. The number of nitrogens with zero attached hydrogens (tertiary/aromatic N) is 2. The molecule has 7 nitrogen and oxygen atoms in total. The van der Waals surface area contributed by atoms with Crippen molar-refractivity contribution in [1.29, 1.82) is 0 Å². The Morgan fingerprint density at radius 3 is 2.60 bits per heavy atom. The summed E-state index contributed by atoms with van der Waals surface area (Å²) in [7, 11) is -3.94. The number of carbonyl (C=O) groups excluding carboxylic acids is 1. The Hall–Kier alpha value is -3.43. The molecule has 9 heteroatoms. The zero-order valence-corrected chi connectivity index (χ0v) is 25.9. The molecule has 0 fully saturated rings. The van der Waals surface area contributed by atoms with E-state index in [1.165, 1.54) is 21.0 Å². The van der Waals surface area contributed by atoms with E-state index in [0.29, 0.717) is 12.1 Å². The lowest BCUT2D eigenvalue weighted by molar-refractivity contribution is -0.123. The lowest BCUT2D eigenvalue weighted by Gasteiger charge is -2.36. The normalized spacial score (nSPS) is 18.6. The Bertz CT molecular complexity index is 1720. The molecule has 0 saturated heterocycles. The van der Waals surface area contributed by atoms with Crippen LogP contribution in [0, 0.1) is 6.92 Å². The molecule has 0 radical (unpaired) electrons. The SMILES string of the molecule is Cc1cccc(S(=O)(=O)N2CCn3cccc3C2CC(=O)NC2CCCc3cc(CNCc4ccccc4)ccc32)c1Cl. The van der Waals surface area contributed by atoms with Gasteiger partial charge in [0.25, 0.3) is 0 Å². The van der Waals surface area contributed by atoms with Gasteiger partial charge in [0.2, 0.25) is 15.9 Å². The summed E-state index contributed by atoms with van der Waals surface area (Å²) in [6.07, 6.45) is 4.78. The molecule has 2 unspecified atom stereocenters. The van der Waals surface area contributed by atoms with Crippen molar-refractivity contribution in [2.24, 2.45) is 0 Å². The second-order valence-electron chi connectivity index (χ2n) is 11.5. The van der Waals surface area contributed by atoms with Gasteiger partial charge in [0, 0.05) is 44.5 Å². The van der Waals surface area contributed by atoms with E-state index >= 15 is 0 Å². The smallest absolute Gasteiger partial charge is 0.245 e. The maximum atomic E-state index is 13.9. The van der Waals surface area contributed by atoms with Gasteiger partial charge in [0.05, 0.1) is 17.1 Å². The van der Waals surface area contributed by atoms with Gasteiger partial charge in [-0.25, -0.2) is 8.42 Å². The first-order valence-corrected chi connectivity index (χ1v) is 16.7. The van der Waals surface area contributed by atoms with Crippen LogP contribution in [0.3, 0.4) is 0 Å². The highest BCUT2D eigenvalue weighted by atomic mass is 35.5. The minimum Gasteiger partial charge on any atom is -0.349 e. The molecule has 1 amide bonds. The molecule has 0 spiro atoms. The summed E-state index contributed by atoms with van der Waals surface area (Å²) in [6.45, 7) is 4.15. The van der Waals surface area contributed by atoms with E-state index in [-0.39, 0.29) is 34.8 Å². The highest BCUT2D eigenvalue weighted by Crippen LogP contribution is 2.37. The summed E-state index contributed by atoms with van der Waals surface area (Å²) in [4.78, 5) is 13.7. The van der Waals surface area contributed by atoms with Crippen molar-refractivity contribution in [2.75, 3.05) is 6.54 Å². The van der Waals surface area contributed by atoms with E-state index in [4.69, 9.17) is 11.6 Å². The molecule has 3 aromatic carbocycles. The van der Waals surface area contributed by atoms with E-state index in [2.05, 4.69) is 41.0 Å². The number of sulfonamides is 1. The summed E-state index contributed by atoms with van der Waals surface area (Å²) in [5, 5.41) is 6.99. The van der Waals surface area contributed by atoms with Crippen molar-refractivity contribution in [3.63, 3.8) is 0 Å². The van der Waals surface area contributed by atoms with Crippen LogP contribution in [0.4, 0.5) is 0 Å². The number of aryl methyl sites for hydroxylation is 2. The number of hydrogen-bond acceptors (Lipinski definition) is 4. The van der Waals surface area contributed by atoms with Gasteiger partial charge < -0.3 is 15.2 Å². The summed E-state index contributed by atoms with van der Waals surface area (Å²) >= 11 is 6.48. The minimum atomic E-state index is -3.94. The molecule has 2 N–H and O–H groups in total. The van der Waals surface area contributed by atoms with Crippen LogP contribution < -0.4 is 10.6 Å². The lowest BCUT2D eigenvalue weighted by atomic mass is 9.86. The summed E-state index contributed by atoms with van der Waals surface area (Å²) in [6, 6.07) is 25.0. The fraction of sp³-hybridized carbons (Fsp3) is 0.324. The van der Waals surface area contributed by atoms with Gasteiger partial charge in [-0.2, -0.15) is 4.31 Å². The molecule has 0 saturated carbocycles. The van der Waals surface area contributed by atoms with Crippen molar-refractivity contribution in [3.05, 3.63) is 124 Å². The lowest BCUT2D eigenvalue weighted by Crippen LogP contribution is -2.44. The third-order valence-electron chi connectivity index (χ3n) is 8.59. The number of rotatable bonds is 9. The number of fused-ring (bicyclic) bond motifs is 2. The molecule has 2 atom stereocenters. The quantitative estimate of drug-likeness (QED) is 0.239. The number of halogens is 1. The van der Waals surface area contributed by atoms with Crippen LogP contribution in [0.1, 0.15) is 64.9 Å². The van der Waals surface area contributed by atoms with Gasteiger partial charge >= 0.3 is 0 Å². The second kappa shape index (κ2) is 12.7. The molecule has 2 heterocycles. The van der Waals surface area contributed by atoms with E-state index in [9.17, 15) is 13.2 Å². The first kappa shape index (κ1) is 29.6. The Balaban J connectivity index is 1.17. The zero-order chi connectivity index (χ0) is 30.0. The molecule has 43 heavy (non-hydrogen) atoms. The van der Waals surface area contributed by atoms with E-state index in [0.717, 1.165) is 43.6 Å². The third-order valence-corrected chi connectivity index (χ3v) is 11.2. The molecule has 224 valence electrons. The third kappa shape index (κ3) is 6.29. The van der Waals surface area contributed by atoms with Gasteiger partial charge in [-0.15, -0.1) is 0 Å². The maximum absolute atomic E-state index is 13.9. The van der Waals surface area contributed by atoms with Crippen LogP contribution in [-0.4, -0.2) is 29.7 Å². The molecule has 1 aliphatic carbocycles. The van der Waals surface area contributed by atoms with E-state index < -0.39 is 16.1 Å². The average molecular weight is 617 g/mol. The van der Waals surface area contributed by atoms with Crippen molar-refractivity contribution >= 4 is 27.5 Å². The summed E-state index contributed by atoms with van der Waals surface area (Å²) < 4.78 is 31.3. The zero-order valence-electron chi connectivity index (χ0n) is 24.3. The molecule has 1 aliphatic heterocycles. The number of hydrogen-bond donors (Lipinski definition) is 2. The van der Waals surface area contributed by atoms with Crippen LogP contribution in [0.25, 0.3) is 0 Å². The van der Waals surface area contributed by atoms with Crippen LogP contribution >= 0.6 is 11.6 Å². The van der Waals surface area contributed by atoms with Crippen molar-refractivity contribution in [2.45, 2.75) is 69.2 Å². The Labute approximate surface area is 258 Å². The molecular formula is C34H37ClN4O3S. The monoisotopic (exact) mass is 616 g/mol. The van der Waals surface area contributed by atoms with Gasteiger partial charge in [-0.05, 0) is 72.2 Å². The van der Waals surface area contributed by atoms with Gasteiger partial charge in [-0.1, -0.05) is 72.3 Å². The highest BCUT2D eigenvalue weighted by molar-refractivity contribution is 7.89. The Kier molecular flexibility index (Phi) is 8.73. The summed E-state index contributed by atoms with van der Waals surface area (Å²) in [5.74, 6) is -0.165. The Morgan fingerprint density at radius 1 is 0.953 bits per heavy atom. The highest BCUT2D eigenvalue weighted by Gasteiger charge is 2.39. The number of aromatic nitrogens is 1. The predicted molar refractivity (Wildman–Crippen MR) is 169 cm³/mol. The van der Waals surface area contributed by atoms with Crippen LogP contribution in [0.5, 0.6) is 0 Å². The van der Waals surface area contributed by atoms with Gasteiger partial charge in [0.1, 0.15) is 4.90 Å². The topological polar surface area (TPSA) is 83.4 Å². The number of nitrogens with one attached hydrogen (secondary N) is 2. The van der Waals surface area contributed by atoms with Crippen molar-refractivity contribution in [3.8, 4) is 0 Å². The maximum Gasteiger partial charge on any atom is 0.245 e. The van der Waals surface area contributed by atoms with Crippen LogP contribution in [0.15, 0.2) is 90.0 Å².